The summed E-state index contributed by atoms with van der Waals surface area (Å²) in [6.45, 7) is 0.831. The Balaban J connectivity index is 2.02. The molecule has 0 amide bonds. The molecule has 1 aliphatic carbocycles. The lowest BCUT2D eigenvalue weighted by Crippen LogP contribution is -2.52. The van der Waals surface area contributed by atoms with E-state index < -0.39 is 0 Å². The molecule has 2 fully saturated rings. The SMILES string of the molecule is NC(=S)N1CCC(O)CC1C1CCCCCCC1. The molecular weight excluding hydrogens is 244 g/mol. The van der Waals surface area contributed by atoms with E-state index in [1.807, 2.05) is 0 Å². The van der Waals surface area contributed by atoms with Crippen LogP contribution < -0.4 is 5.73 Å². The highest BCUT2D eigenvalue weighted by atomic mass is 32.1. The highest BCUT2D eigenvalue weighted by molar-refractivity contribution is 7.80. The molecule has 0 aromatic rings. The standard InChI is InChI=1S/C14H26N2OS/c15-14(18)16-9-8-12(17)10-13(16)11-6-4-2-1-3-5-7-11/h11-13,17H,1-10H2,(H2,15,18). The number of thiocarbonyl (C=S) groups is 1. The molecule has 0 aromatic carbocycles. The van der Waals surface area contributed by atoms with Gasteiger partial charge in [-0.1, -0.05) is 32.1 Å². The van der Waals surface area contributed by atoms with Crippen LogP contribution in [-0.2, 0) is 0 Å². The summed E-state index contributed by atoms with van der Waals surface area (Å²) >= 11 is 5.18. The van der Waals surface area contributed by atoms with Crippen LogP contribution in [-0.4, -0.2) is 33.8 Å². The van der Waals surface area contributed by atoms with Crippen molar-refractivity contribution >= 4 is 17.3 Å². The minimum atomic E-state index is -0.161. The summed E-state index contributed by atoms with van der Waals surface area (Å²) in [5, 5.41) is 10.4. The topological polar surface area (TPSA) is 49.5 Å². The first kappa shape index (κ1) is 14.1. The first-order chi connectivity index (χ1) is 8.68. The molecule has 2 unspecified atom stereocenters. The third-order valence-corrected chi connectivity index (χ3v) is 4.83. The zero-order valence-corrected chi connectivity index (χ0v) is 12.0. The average molecular weight is 270 g/mol. The monoisotopic (exact) mass is 270 g/mol. The Morgan fingerprint density at radius 1 is 1.06 bits per heavy atom. The van der Waals surface area contributed by atoms with Gasteiger partial charge in [-0.15, -0.1) is 0 Å². The molecule has 0 radical (unpaired) electrons. The molecule has 104 valence electrons. The van der Waals surface area contributed by atoms with E-state index in [1.165, 1.54) is 44.9 Å². The number of likely N-dealkylation sites (tertiary alicyclic amines) is 1. The highest BCUT2D eigenvalue weighted by Crippen LogP contribution is 2.32. The second kappa shape index (κ2) is 6.71. The lowest BCUT2D eigenvalue weighted by atomic mass is 9.81. The lowest BCUT2D eigenvalue weighted by molar-refractivity contribution is 0.0470. The van der Waals surface area contributed by atoms with E-state index >= 15 is 0 Å². The van der Waals surface area contributed by atoms with Gasteiger partial charge in [-0.25, -0.2) is 0 Å². The lowest BCUT2D eigenvalue weighted by Gasteiger charge is -2.43. The van der Waals surface area contributed by atoms with Crippen molar-refractivity contribution in [3.05, 3.63) is 0 Å². The quantitative estimate of drug-likeness (QED) is 0.719. The van der Waals surface area contributed by atoms with Crippen LogP contribution in [0.4, 0.5) is 0 Å². The molecule has 3 N–H and O–H groups in total. The summed E-state index contributed by atoms with van der Waals surface area (Å²) in [6, 6.07) is 0.379. The van der Waals surface area contributed by atoms with Gasteiger partial charge in [-0.05, 0) is 43.8 Å². The molecule has 1 saturated carbocycles. The maximum Gasteiger partial charge on any atom is 0.166 e. The maximum atomic E-state index is 9.92. The molecule has 1 heterocycles. The van der Waals surface area contributed by atoms with Gasteiger partial charge < -0.3 is 15.7 Å². The van der Waals surface area contributed by atoms with Gasteiger partial charge >= 0.3 is 0 Å². The third kappa shape index (κ3) is 3.58. The predicted molar refractivity (Wildman–Crippen MR) is 78.3 cm³/mol. The largest absolute Gasteiger partial charge is 0.393 e. The first-order valence-electron chi connectivity index (χ1n) is 7.42. The molecule has 0 bridgehead atoms. The molecule has 1 saturated heterocycles. The molecule has 0 spiro atoms. The van der Waals surface area contributed by atoms with Crippen molar-refractivity contribution in [2.45, 2.75) is 69.9 Å². The van der Waals surface area contributed by atoms with Crippen molar-refractivity contribution in [1.82, 2.24) is 4.90 Å². The molecule has 0 aromatic heterocycles. The van der Waals surface area contributed by atoms with Crippen molar-refractivity contribution in [3.8, 4) is 0 Å². The van der Waals surface area contributed by atoms with E-state index in [2.05, 4.69) is 4.90 Å². The fraction of sp³-hybridized carbons (Fsp3) is 0.929. The fourth-order valence-electron chi connectivity index (χ4n) is 3.57. The smallest absolute Gasteiger partial charge is 0.166 e. The summed E-state index contributed by atoms with van der Waals surface area (Å²) in [6.07, 6.45) is 10.8. The molecular formula is C14H26N2OS. The van der Waals surface area contributed by atoms with Crippen LogP contribution >= 0.6 is 12.2 Å². The zero-order chi connectivity index (χ0) is 13.0. The fourth-order valence-corrected chi connectivity index (χ4v) is 3.80. The number of aliphatic hydroxyl groups is 1. The first-order valence-corrected chi connectivity index (χ1v) is 7.83. The van der Waals surface area contributed by atoms with Crippen LogP contribution in [0.2, 0.25) is 0 Å². The van der Waals surface area contributed by atoms with Gasteiger partial charge in [0.2, 0.25) is 0 Å². The van der Waals surface area contributed by atoms with Crippen LogP contribution in [0.15, 0.2) is 0 Å². The van der Waals surface area contributed by atoms with Gasteiger partial charge in [0.15, 0.2) is 5.11 Å². The van der Waals surface area contributed by atoms with Crippen molar-refractivity contribution in [2.75, 3.05) is 6.54 Å². The average Bonchev–Trinajstić information content (AvgIpc) is 2.27. The minimum absolute atomic E-state index is 0.161. The Bertz CT molecular complexity index is 277. The van der Waals surface area contributed by atoms with Crippen LogP contribution in [0, 0.1) is 5.92 Å². The molecule has 4 heteroatoms. The van der Waals surface area contributed by atoms with Crippen LogP contribution in [0.25, 0.3) is 0 Å². The van der Waals surface area contributed by atoms with Crippen LogP contribution in [0.5, 0.6) is 0 Å². The van der Waals surface area contributed by atoms with Gasteiger partial charge in [-0.2, -0.15) is 0 Å². The molecule has 2 rings (SSSR count). The second-order valence-corrected chi connectivity index (χ2v) is 6.30. The Morgan fingerprint density at radius 2 is 1.67 bits per heavy atom. The Morgan fingerprint density at radius 3 is 2.28 bits per heavy atom. The van der Waals surface area contributed by atoms with Gasteiger partial charge in [0.1, 0.15) is 0 Å². The molecule has 2 atom stereocenters. The molecule has 2 aliphatic rings. The summed E-state index contributed by atoms with van der Waals surface area (Å²) in [7, 11) is 0. The minimum Gasteiger partial charge on any atom is -0.393 e. The Hall–Kier alpha value is -0.350. The number of aliphatic hydroxyl groups excluding tert-OH is 1. The van der Waals surface area contributed by atoms with Gasteiger partial charge in [0, 0.05) is 12.6 Å². The van der Waals surface area contributed by atoms with E-state index in [0.29, 0.717) is 17.1 Å². The van der Waals surface area contributed by atoms with E-state index in [-0.39, 0.29) is 6.10 Å². The number of rotatable bonds is 1. The van der Waals surface area contributed by atoms with E-state index in [1.54, 1.807) is 0 Å². The summed E-state index contributed by atoms with van der Waals surface area (Å²) in [5.74, 6) is 0.668. The van der Waals surface area contributed by atoms with Gasteiger partial charge in [0.05, 0.1) is 6.10 Å². The van der Waals surface area contributed by atoms with E-state index in [0.717, 1.165) is 19.4 Å². The van der Waals surface area contributed by atoms with E-state index in [9.17, 15) is 5.11 Å². The number of hydrogen-bond acceptors (Lipinski definition) is 2. The van der Waals surface area contributed by atoms with Crippen LogP contribution in [0.3, 0.4) is 0 Å². The predicted octanol–water partition coefficient (Wildman–Crippen LogP) is 2.42. The Labute approximate surface area is 116 Å². The third-order valence-electron chi connectivity index (χ3n) is 4.59. The van der Waals surface area contributed by atoms with E-state index in [4.69, 9.17) is 18.0 Å². The maximum absolute atomic E-state index is 9.92. The normalized spacial score (nSPS) is 31.7. The Kier molecular flexibility index (Phi) is 5.25. The molecule has 3 nitrogen and oxygen atoms in total. The summed E-state index contributed by atoms with van der Waals surface area (Å²) in [5.41, 5.74) is 5.86. The van der Waals surface area contributed by atoms with Crippen molar-refractivity contribution in [3.63, 3.8) is 0 Å². The zero-order valence-electron chi connectivity index (χ0n) is 11.2. The number of nitrogens with zero attached hydrogens (tertiary/aromatic N) is 1. The number of hydrogen-bond donors (Lipinski definition) is 2. The van der Waals surface area contributed by atoms with Gasteiger partial charge in [0.25, 0.3) is 0 Å². The summed E-state index contributed by atoms with van der Waals surface area (Å²) < 4.78 is 0. The molecule has 1 aliphatic heterocycles. The second-order valence-electron chi connectivity index (χ2n) is 5.88. The van der Waals surface area contributed by atoms with Crippen molar-refractivity contribution in [1.29, 1.82) is 0 Å². The molecule has 18 heavy (non-hydrogen) atoms. The van der Waals surface area contributed by atoms with Crippen molar-refractivity contribution < 1.29 is 5.11 Å². The number of nitrogens with two attached hydrogens (primary N) is 1. The van der Waals surface area contributed by atoms with Crippen molar-refractivity contribution in [2.24, 2.45) is 11.7 Å². The van der Waals surface area contributed by atoms with Gasteiger partial charge in [-0.3, -0.25) is 0 Å². The number of piperidine rings is 1. The highest BCUT2D eigenvalue weighted by Gasteiger charge is 2.33. The summed E-state index contributed by atoms with van der Waals surface area (Å²) in [4.78, 5) is 2.17. The van der Waals surface area contributed by atoms with Crippen LogP contribution in [0.1, 0.15) is 57.8 Å².